The van der Waals surface area contributed by atoms with Gasteiger partial charge >= 0.3 is 0 Å². The van der Waals surface area contributed by atoms with Gasteiger partial charge in [-0.1, -0.05) is 0 Å². The molecule has 1 aliphatic rings. The number of hydrogen-bond acceptors (Lipinski definition) is 5. The van der Waals surface area contributed by atoms with E-state index in [-0.39, 0.29) is 0 Å². The minimum absolute atomic E-state index is 0.394. The van der Waals surface area contributed by atoms with Crippen LogP contribution in [0.15, 0.2) is 0 Å². The zero-order chi connectivity index (χ0) is 15.2. The Morgan fingerprint density at radius 1 is 1.40 bits per heavy atom. The summed E-state index contributed by atoms with van der Waals surface area (Å²) in [4.78, 5) is 14.1. The molecule has 118 valence electrons. The summed E-state index contributed by atoms with van der Waals surface area (Å²) in [6.45, 7) is 5.69. The van der Waals surface area contributed by atoms with Crippen LogP contribution < -0.4 is 5.32 Å². The van der Waals surface area contributed by atoms with Gasteiger partial charge in [0.25, 0.3) is 0 Å². The molecule has 0 radical (unpaired) electrons. The van der Waals surface area contributed by atoms with E-state index in [2.05, 4.69) is 10.2 Å². The first kappa shape index (κ1) is 17.4. The number of sulfone groups is 1. The minimum Gasteiger partial charge on any atom is -0.383 e. The molecule has 0 spiro atoms. The summed E-state index contributed by atoms with van der Waals surface area (Å²) in [6, 6.07) is 0. The molecule has 1 amide bonds. The summed E-state index contributed by atoms with van der Waals surface area (Å²) >= 11 is 0. The number of nitrogens with zero attached hydrogens (tertiary/aromatic N) is 1. The monoisotopic (exact) mass is 306 g/mol. The number of likely N-dealkylation sites (tertiary alicyclic amines) is 1. The fourth-order valence-corrected chi connectivity index (χ4v) is 2.69. The lowest BCUT2D eigenvalue weighted by atomic mass is 9.97. The second-order valence-corrected chi connectivity index (χ2v) is 7.86. The van der Waals surface area contributed by atoms with Crippen LogP contribution in [0.2, 0.25) is 0 Å². The van der Waals surface area contributed by atoms with Gasteiger partial charge in [-0.05, 0) is 38.8 Å². The van der Waals surface area contributed by atoms with Gasteiger partial charge in [0.05, 0.1) is 6.61 Å². The molecular formula is C13H26N2O4S. The van der Waals surface area contributed by atoms with Crippen LogP contribution >= 0.6 is 0 Å². The van der Waals surface area contributed by atoms with E-state index in [0.717, 1.165) is 45.3 Å². The molecule has 7 heteroatoms. The molecule has 1 saturated heterocycles. The van der Waals surface area contributed by atoms with Gasteiger partial charge in [-0.15, -0.1) is 0 Å². The number of hydrogen-bond donors (Lipinski definition) is 1. The lowest BCUT2D eigenvalue weighted by Crippen LogP contribution is -2.43. The molecule has 1 rings (SSSR count). The Balaban J connectivity index is 2.26. The van der Waals surface area contributed by atoms with Crippen molar-refractivity contribution < 1.29 is 17.9 Å². The van der Waals surface area contributed by atoms with Crippen molar-refractivity contribution in [2.24, 2.45) is 5.92 Å². The van der Waals surface area contributed by atoms with Crippen molar-refractivity contribution in [3.05, 3.63) is 0 Å². The van der Waals surface area contributed by atoms with Crippen LogP contribution in [0.25, 0.3) is 0 Å². The molecule has 0 bridgehead atoms. The SMILES string of the molecule is COCCN1CCC(CNC(=O)[C@@H](C)S(C)(=O)=O)CC1. The molecule has 0 aromatic rings. The first-order valence-corrected chi connectivity index (χ1v) is 8.98. The molecular weight excluding hydrogens is 280 g/mol. The van der Waals surface area contributed by atoms with Crippen molar-refractivity contribution >= 4 is 15.7 Å². The Morgan fingerprint density at radius 3 is 2.50 bits per heavy atom. The number of carbonyl (C=O) groups is 1. The number of rotatable bonds is 7. The van der Waals surface area contributed by atoms with E-state index in [0.29, 0.717) is 12.5 Å². The van der Waals surface area contributed by atoms with Crippen LogP contribution in [0.4, 0.5) is 0 Å². The standard InChI is InChI=1S/C13H26N2O4S/c1-11(20(3,17)18)13(16)14-10-12-4-6-15(7-5-12)8-9-19-2/h11-12H,4-10H2,1-3H3,(H,14,16)/t11-/m1/s1. The van der Waals surface area contributed by atoms with Crippen LogP contribution in [0.5, 0.6) is 0 Å². The maximum atomic E-state index is 11.7. The fourth-order valence-electron chi connectivity index (χ4n) is 2.22. The maximum Gasteiger partial charge on any atom is 0.238 e. The average molecular weight is 306 g/mol. The first-order valence-electron chi connectivity index (χ1n) is 7.02. The highest BCUT2D eigenvalue weighted by molar-refractivity contribution is 7.92. The van der Waals surface area contributed by atoms with Crippen LogP contribution in [0.1, 0.15) is 19.8 Å². The quantitative estimate of drug-likeness (QED) is 0.710. The molecule has 6 nitrogen and oxygen atoms in total. The molecule has 0 aliphatic carbocycles. The topological polar surface area (TPSA) is 75.7 Å². The number of methoxy groups -OCH3 is 1. The van der Waals surface area contributed by atoms with Gasteiger partial charge in [-0.3, -0.25) is 4.79 Å². The summed E-state index contributed by atoms with van der Waals surface area (Å²) in [6.07, 6.45) is 3.14. The van der Waals surface area contributed by atoms with E-state index in [9.17, 15) is 13.2 Å². The zero-order valence-corrected chi connectivity index (χ0v) is 13.4. The first-order chi connectivity index (χ1) is 9.34. The highest BCUT2D eigenvalue weighted by Crippen LogP contribution is 2.16. The average Bonchev–Trinajstić information content (AvgIpc) is 2.41. The maximum absolute atomic E-state index is 11.7. The number of piperidine rings is 1. The van der Waals surface area contributed by atoms with Crippen molar-refractivity contribution in [3.63, 3.8) is 0 Å². The fraction of sp³-hybridized carbons (Fsp3) is 0.923. The van der Waals surface area contributed by atoms with Crippen LogP contribution in [0, 0.1) is 5.92 Å². The number of ether oxygens (including phenoxy) is 1. The second kappa shape index (κ2) is 7.95. The Bertz CT molecular complexity index is 403. The third-order valence-electron chi connectivity index (χ3n) is 3.90. The van der Waals surface area contributed by atoms with E-state index in [1.807, 2.05) is 0 Å². The van der Waals surface area contributed by atoms with Crippen molar-refractivity contribution in [2.75, 3.05) is 46.2 Å². The summed E-state index contributed by atoms with van der Waals surface area (Å²) in [7, 11) is -1.61. The predicted molar refractivity (Wildman–Crippen MR) is 78.4 cm³/mol. The summed E-state index contributed by atoms with van der Waals surface area (Å²) in [5, 5.41) is 1.79. The molecule has 0 unspecified atom stereocenters. The van der Waals surface area contributed by atoms with E-state index < -0.39 is 21.0 Å². The van der Waals surface area contributed by atoms with E-state index in [1.165, 1.54) is 6.92 Å². The second-order valence-electron chi connectivity index (χ2n) is 5.49. The van der Waals surface area contributed by atoms with Gasteiger partial charge in [-0.2, -0.15) is 0 Å². The van der Waals surface area contributed by atoms with E-state index >= 15 is 0 Å². The molecule has 0 saturated carbocycles. The summed E-state index contributed by atoms with van der Waals surface area (Å²) in [5.41, 5.74) is 0. The van der Waals surface area contributed by atoms with Crippen molar-refractivity contribution in [3.8, 4) is 0 Å². The molecule has 1 atom stereocenters. The number of carbonyl (C=O) groups excluding carboxylic acids is 1. The third-order valence-corrected chi connectivity index (χ3v) is 5.39. The highest BCUT2D eigenvalue weighted by atomic mass is 32.2. The Labute approximate surface area is 121 Å². The minimum atomic E-state index is -3.31. The Kier molecular flexibility index (Phi) is 6.91. The summed E-state index contributed by atoms with van der Waals surface area (Å²) in [5.74, 6) is 0.0406. The molecule has 0 aromatic heterocycles. The van der Waals surface area contributed by atoms with Crippen molar-refractivity contribution in [1.82, 2.24) is 10.2 Å². The molecule has 1 aliphatic heterocycles. The predicted octanol–water partition coefficient (Wildman–Crippen LogP) is -0.106. The van der Waals surface area contributed by atoms with Gasteiger partial charge in [0.1, 0.15) is 5.25 Å². The smallest absolute Gasteiger partial charge is 0.238 e. The van der Waals surface area contributed by atoms with Gasteiger partial charge in [-0.25, -0.2) is 8.42 Å². The molecule has 0 aromatic carbocycles. The van der Waals surface area contributed by atoms with Crippen LogP contribution in [-0.2, 0) is 19.4 Å². The van der Waals surface area contributed by atoms with E-state index in [1.54, 1.807) is 7.11 Å². The van der Waals surface area contributed by atoms with E-state index in [4.69, 9.17) is 4.74 Å². The van der Waals surface area contributed by atoms with Crippen molar-refractivity contribution in [2.45, 2.75) is 25.0 Å². The molecule has 1 fully saturated rings. The lowest BCUT2D eigenvalue weighted by Gasteiger charge is -2.31. The van der Waals surface area contributed by atoms with Crippen molar-refractivity contribution in [1.29, 1.82) is 0 Å². The van der Waals surface area contributed by atoms with Gasteiger partial charge in [0.15, 0.2) is 9.84 Å². The van der Waals surface area contributed by atoms with Crippen LogP contribution in [0.3, 0.4) is 0 Å². The van der Waals surface area contributed by atoms with Gasteiger partial charge in [0, 0.05) is 26.5 Å². The highest BCUT2D eigenvalue weighted by Gasteiger charge is 2.25. The lowest BCUT2D eigenvalue weighted by molar-refractivity contribution is -0.120. The molecule has 1 heterocycles. The van der Waals surface area contributed by atoms with Crippen LogP contribution in [-0.4, -0.2) is 70.6 Å². The Hall–Kier alpha value is -0.660. The number of amides is 1. The molecule has 20 heavy (non-hydrogen) atoms. The Morgan fingerprint density at radius 2 is 2.00 bits per heavy atom. The summed E-state index contributed by atoms with van der Waals surface area (Å²) < 4.78 is 27.6. The number of nitrogens with one attached hydrogen (secondary N) is 1. The van der Waals surface area contributed by atoms with Gasteiger partial charge < -0.3 is 15.0 Å². The zero-order valence-electron chi connectivity index (χ0n) is 12.6. The normalized spacial score (nSPS) is 19.8. The van der Waals surface area contributed by atoms with Gasteiger partial charge in [0.2, 0.25) is 5.91 Å². The molecule has 1 N–H and O–H groups in total. The largest absolute Gasteiger partial charge is 0.383 e. The third kappa shape index (κ3) is 5.76.